The number of aromatic nitrogens is 2. The first-order valence-electron chi connectivity index (χ1n) is 9.59. The Morgan fingerprint density at radius 1 is 1.39 bits per heavy atom. The van der Waals surface area contributed by atoms with Gasteiger partial charge in [-0.2, -0.15) is 13.2 Å². The molecule has 174 valence electrons. The fourth-order valence-electron chi connectivity index (χ4n) is 3.27. The molecular weight excluding hydrogens is 423 g/mol. The first-order valence-corrected chi connectivity index (χ1v) is 9.59. The average Bonchev–Trinajstić information content (AvgIpc) is 2.95. The topological polar surface area (TPSA) is 140 Å². The molecule has 1 spiro atoms. The van der Waals surface area contributed by atoms with E-state index in [9.17, 15) is 18.0 Å². The van der Waals surface area contributed by atoms with Crippen LogP contribution in [-0.4, -0.2) is 82.6 Å². The number of carboxylic acids is 1. The smallest absolute Gasteiger partial charge is 0.475 e. The number of hydrogen-bond acceptors (Lipinski definition) is 8. The summed E-state index contributed by atoms with van der Waals surface area (Å²) in [6.45, 7) is 5.39. The molecule has 4 N–H and O–H groups in total. The third-order valence-electron chi connectivity index (χ3n) is 4.80. The molecule has 1 aromatic heterocycles. The quantitative estimate of drug-likeness (QED) is 0.602. The molecule has 2 atom stereocenters. The van der Waals surface area contributed by atoms with Gasteiger partial charge in [0.25, 0.3) is 0 Å². The van der Waals surface area contributed by atoms with Gasteiger partial charge in [0.05, 0.1) is 25.9 Å². The van der Waals surface area contributed by atoms with Crippen molar-refractivity contribution in [2.24, 2.45) is 0 Å². The van der Waals surface area contributed by atoms with Gasteiger partial charge in [-0.3, -0.25) is 4.79 Å². The Labute approximate surface area is 176 Å². The largest absolute Gasteiger partial charge is 0.490 e. The van der Waals surface area contributed by atoms with Crippen molar-refractivity contribution in [2.45, 2.75) is 44.2 Å². The van der Waals surface area contributed by atoms with E-state index in [0.29, 0.717) is 32.8 Å². The Morgan fingerprint density at radius 3 is 2.61 bits per heavy atom. The summed E-state index contributed by atoms with van der Waals surface area (Å²) in [5.74, 6) is -2.40. The van der Waals surface area contributed by atoms with E-state index in [1.54, 1.807) is 19.3 Å². The van der Waals surface area contributed by atoms with Crippen LogP contribution in [0.2, 0.25) is 0 Å². The molecule has 2 saturated heterocycles. The third kappa shape index (κ3) is 7.92. The summed E-state index contributed by atoms with van der Waals surface area (Å²) in [6, 6.07) is 0. The maximum Gasteiger partial charge on any atom is 0.490 e. The number of alkyl halides is 3. The average molecular weight is 449 g/mol. The van der Waals surface area contributed by atoms with Crippen LogP contribution >= 0.6 is 0 Å². The van der Waals surface area contributed by atoms with Gasteiger partial charge >= 0.3 is 12.1 Å². The van der Waals surface area contributed by atoms with Crippen molar-refractivity contribution < 1.29 is 37.3 Å². The normalized spacial score (nSPS) is 23.7. The zero-order chi connectivity index (χ0) is 23.1. The van der Waals surface area contributed by atoms with Gasteiger partial charge in [0.1, 0.15) is 5.60 Å². The van der Waals surface area contributed by atoms with Gasteiger partial charge < -0.3 is 30.5 Å². The minimum Gasteiger partial charge on any atom is -0.475 e. The number of nitrogens with two attached hydrogens (primary N) is 1. The number of carbonyl (C=O) groups excluding carboxylic acids is 1. The van der Waals surface area contributed by atoms with Crippen molar-refractivity contribution in [1.82, 2.24) is 20.2 Å². The monoisotopic (exact) mass is 449 g/mol. The van der Waals surface area contributed by atoms with Crippen molar-refractivity contribution in [3.8, 4) is 0 Å². The maximum absolute atomic E-state index is 11.7. The molecule has 0 aliphatic carbocycles. The van der Waals surface area contributed by atoms with Gasteiger partial charge in [-0.25, -0.2) is 14.8 Å². The Morgan fingerprint density at radius 2 is 2.03 bits per heavy atom. The second kappa shape index (κ2) is 10.7. The number of halogens is 3. The zero-order valence-electron chi connectivity index (χ0n) is 17.0. The van der Waals surface area contributed by atoms with E-state index in [2.05, 4.69) is 15.3 Å². The summed E-state index contributed by atoms with van der Waals surface area (Å²) in [4.78, 5) is 30.4. The minimum atomic E-state index is -5.08. The van der Waals surface area contributed by atoms with Crippen LogP contribution in [-0.2, 0) is 25.6 Å². The van der Waals surface area contributed by atoms with Crippen molar-refractivity contribution in [2.75, 3.05) is 38.6 Å². The molecule has 2 fully saturated rings. The van der Waals surface area contributed by atoms with Crippen LogP contribution in [0, 0.1) is 0 Å². The second-order valence-electron chi connectivity index (χ2n) is 7.34. The van der Waals surface area contributed by atoms with Crippen molar-refractivity contribution in [3.63, 3.8) is 0 Å². The molecule has 0 saturated carbocycles. The summed E-state index contributed by atoms with van der Waals surface area (Å²) in [6.07, 6.45) is 0.344. The van der Waals surface area contributed by atoms with Gasteiger partial charge in [0.2, 0.25) is 11.9 Å². The predicted molar refractivity (Wildman–Crippen MR) is 102 cm³/mol. The van der Waals surface area contributed by atoms with E-state index in [-0.39, 0.29) is 23.6 Å². The summed E-state index contributed by atoms with van der Waals surface area (Å²) in [5, 5.41) is 10.5. The van der Waals surface area contributed by atoms with Gasteiger partial charge in [0, 0.05) is 44.5 Å². The lowest BCUT2D eigenvalue weighted by molar-refractivity contribution is -0.192. The summed E-state index contributed by atoms with van der Waals surface area (Å²) >= 11 is 0. The van der Waals surface area contributed by atoms with Crippen LogP contribution < -0.4 is 11.1 Å². The van der Waals surface area contributed by atoms with Crippen molar-refractivity contribution >= 4 is 17.8 Å². The van der Waals surface area contributed by atoms with Crippen LogP contribution in [0.15, 0.2) is 12.4 Å². The number of carbonyl (C=O) groups is 2. The molecule has 1 amide bonds. The molecular formula is C18H26F3N5O5. The Balaban J connectivity index is 0.000000423. The highest BCUT2D eigenvalue weighted by Crippen LogP contribution is 2.32. The lowest BCUT2D eigenvalue weighted by Crippen LogP contribution is -2.46. The molecule has 1 aromatic rings. The van der Waals surface area contributed by atoms with E-state index in [4.69, 9.17) is 25.1 Å². The first kappa shape index (κ1) is 24.8. The van der Waals surface area contributed by atoms with Crippen LogP contribution in [0.25, 0.3) is 0 Å². The maximum atomic E-state index is 11.7. The Bertz CT molecular complexity index is 749. The molecule has 0 bridgehead atoms. The number of aliphatic carboxylic acids is 1. The first-order chi connectivity index (χ1) is 14.5. The molecule has 0 unspecified atom stereocenters. The number of nitrogens with one attached hydrogen (secondary N) is 1. The number of ether oxygens (including phenoxy) is 2. The summed E-state index contributed by atoms with van der Waals surface area (Å²) in [7, 11) is 0. The number of nitrogen functional groups attached to an aromatic ring is 1. The molecule has 13 heteroatoms. The molecule has 0 radical (unpaired) electrons. The lowest BCUT2D eigenvalue weighted by Gasteiger charge is -2.31. The van der Waals surface area contributed by atoms with Crippen LogP contribution in [0.5, 0.6) is 0 Å². The highest BCUT2D eigenvalue weighted by molar-refractivity contribution is 5.73. The molecule has 31 heavy (non-hydrogen) atoms. The fourth-order valence-corrected chi connectivity index (χ4v) is 3.27. The number of rotatable bonds is 4. The Kier molecular flexibility index (Phi) is 8.53. The van der Waals surface area contributed by atoms with E-state index in [1.165, 1.54) is 0 Å². The number of amides is 1. The number of nitrogens with zero attached hydrogens (tertiary/aromatic N) is 3. The standard InChI is InChI=1S/C16H25N5O3.C2HF3O2/c1-12(22)21-4-5-23-11-16(10-21)3-2-14(24-16)9-18-6-13-7-19-15(17)20-8-13;3-2(4,5)1(6)7/h7-8,14,18H,2-6,9-11H2,1H3,(H2,17,19,20);(H,6,7)/t14-,16+;/m1./s1. The van der Waals surface area contributed by atoms with Crippen molar-refractivity contribution in [1.29, 1.82) is 0 Å². The van der Waals surface area contributed by atoms with Gasteiger partial charge in [-0.05, 0) is 12.8 Å². The molecule has 3 heterocycles. The SMILES string of the molecule is CC(=O)N1CCOC[C@]2(CC[C@H](CNCc3cnc(N)nc3)O2)C1.O=C(O)C(F)(F)F. The minimum absolute atomic E-state index is 0.0772. The van der Waals surface area contributed by atoms with Crippen LogP contribution in [0.1, 0.15) is 25.3 Å². The molecule has 3 rings (SSSR count). The molecule has 0 aromatic carbocycles. The molecule has 2 aliphatic heterocycles. The van der Waals surface area contributed by atoms with Crippen molar-refractivity contribution in [3.05, 3.63) is 18.0 Å². The number of hydrogen-bond donors (Lipinski definition) is 3. The van der Waals surface area contributed by atoms with Crippen LogP contribution in [0.4, 0.5) is 19.1 Å². The zero-order valence-corrected chi connectivity index (χ0v) is 17.0. The molecule has 2 aliphatic rings. The van der Waals surface area contributed by atoms with Gasteiger partial charge in [-0.15, -0.1) is 0 Å². The highest BCUT2D eigenvalue weighted by Gasteiger charge is 2.43. The summed E-state index contributed by atoms with van der Waals surface area (Å²) < 4.78 is 43.7. The van der Waals surface area contributed by atoms with E-state index < -0.39 is 12.1 Å². The van der Waals surface area contributed by atoms with E-state index in [0.717, 1.165) is 24.9 Å². The van der Waals surface area contributed by atoms with Gasteiger partial charge in [0.15, 0.2) is 0 Å². The summed E-state index contributed by atoms with van der Waals surface area (Å²) in [5.41, 5.74) is 6.10. The highest BCUT2D eigenvalue weighted by atomic mass is 19.4. The van der Waals surface area contributed by atoms with Crippen LogP contribution in [0.3, 0.4) is 0 Å². The second-order valence-corrected chi connectivity index (χ2v) is 7.34. The molecule has 10 nitrogen and oxygen atoms in total. The Hall–Kier alpha value is -2.51. The van der Waals surface area contributed by atoms with E-state index in [1.807, 2.05) is 4.90 Å². The van der Waals surface area contributed by atoms with E-state index >= 15 is 0 Å². The number of anilines is 1. The lowest BCUT2D eigenvalue weighted by atomic mass is 10.00. The van der Waals surface area contributed by atoms with Gasteiger partial charge in [-0.1, -0.05) is 0 Å². The number of carboxylic acid groups (broad SMARTS) is 1. The third-order valence-corrected chi connectivity index (χ3v) is 4.80. The fraction of sp³-hybridized carbons (Fsp3) is 0.667. The predicted octanol–water partition coefficient (Wildman–Crippen LogP) is 0.578.